The maximum Gasteiger partial charge on any atom is 0.217 e. The quantitative estimate of drug-likeness (QED) is 0.825. The van der Waals surface area contributed by atoms with Gasteiger partial charge in [-0.3, -0.25) is 9.69 Å². The molecule has 0 spiro atoms. The number of anilines is 1. The van der Waals surface area contributed by atoms with Crippen LogP contribution in [0, 0.1) is 5.92 Å². The van der Waals surface area contributed by atoms with Gasteiger partial charge >= 0.3 is 0 Å². The molecule has 3 rings (SSSR count). The average molecular weight is 273 g/mol. The number of benzene rings is 1. The first kappa shape index (κ1) is 13.4. The van der Waals surface area contributed by atoms with Gasteiger partial charge in [-0.2, -0.15) is 0 Å². The van der Waals surface area contributed by atoms with Gasteiger partial charge in [0.1, 0.15) is 0 Å². The minimum absolute atomic E-state index is 0.162. The van der Waals surface area contributed by atoms with Gasteiger partial charge in [0, 0.05) is 18.2 Å². The van der Waals surface area contributed by atoms with Crippen molar-refractivity contribution in [1.29, 1.82) is 0 Å². The van der Waals surface area contributed by atoms with Gasteiger partial charge in [-0.1, -0.05) is 6.07 Å². The standard InChI is InChI=1S/C16H23N3O/c17-13-2-3-14-12(10-13)1-4-15(14)19-7-5-11(6-8-19)9-16(18)20/h2-3,10-11,15H,1,4-9,17H2,(H2,18,20). The summed E-state index contributed by atoms with van der Waals surface area (Å²) in [5, 5.41) is 0. The van der Waals surface area contributed by atoms with Crippen LogP contribution in [-0.2, 0) is 11.2 Å². The molecule has 1 amide bonds. The van der Waals surface area contributed by atoms with Crippen LogP contribution in [-0.4, -0.2) is 23.9 Å². The lowest BCUT2D eigenvalue weighted by Gasteiger charge is -2.36. The second-order valence-corrected chi connectivity index (χ2v) is 6.16. The van der Waals surface area contributed by atoms with Gasteiger partial charge < -0.3 is 11.5 Å². The Balaban J connectivity index is 1.64. The molecule has 1 aromatic carbocycles. The van der Waals surface area contributed by atoms with Gasteiger partial charge in [-0.05, 0) is 68.0 Å². The molecule has 108 valence electrons. The van der Waals surface area contributed by atoms with E-state index in [2.05, 4.69) is 17.0 Å². The number of likely N-dealkylation sites (tertiary alicyclic amines) is 1. The molecule has 1 aliphatic carbocycles. The third-order valence-corrected chi connectivity index (χ3v) is 4.79. The van der Waals surface area contributed by atoms with Crippen LogP contribution >= 0.6 is 0 Å². The highest BCUT2D eigenvalue weighted by molar-refractivity contribution is 5.74. The first-order valence-electron chi connectivity index (χ1n) is 7.54. The summed E-state index contributed by atoms with van der Waals surface area (Å²) in [6.45, 7) is 2.15. The Morgan fingerprint density at radius 1 is 1.25 bits per heavy atom. The average Bonchev–Trinajstić information content (AvgIpc) is 2.82. The van der Waals surface area contributed by atoms with Crippen LogP contribution in [0.3, 0.4) is 0 Å². The molecule has 4 heteroatoms. The molecule has 1 aromatic rings. The molecular formula is C16H23N3O. The van der Waals surface area contributed by atoms with Crippen molar-refractivity contribution >= 4 is 11.6 Å². The number of nitrogens with two attached hydrogens (primary N) is 2. The van der Waals surface area contributed by atoms with E-state index >= 15 is 0 Å². The number of aryl methyl sites for hydroxylation is 1. The van der Waals surface area contributed by atoms with E-state index in [-0.39, 0.29) is 5.91 Å². The first-order chi connectivity index (χ1) is 9.63. The van der Waals surface area contributed by atoms with Gasteiger partial charge in [0.15, 0.2) is 0 Å². The summed E-state index contributed by atoms with van der Waals surface area (Å²) in [6, 6.07) is 6.87. The smallest absolute Gasteiger partial charge is 0.217 e. The zero-order valence-electron chi connectivity index (χ0n) is 11.8. The van der Waals surface area contributed by atoms with E-state index in [9.17, 15) is 4.79 Å². The molecule has 0 saturated carbocycles. The van der Waals surface area contributed by atoms with E-state index in [1.165, 1.54) is 17.5 Å². The van der Waals surface area contributed by atoms with E-state index in [0.717, 1.165) is 38.0 Å². The Bertz CT molecular complexity index is 506. The number of nitrogens with zero attached hydrogens (tertiary/aromatic N) is 1. The minimum Gasteiger partial charge on any atom is -0.399 e. The summed E-state index contributed by atoms with van der Waals surface area (Å²) >= 11 is 0. The maximum absolute atomic E-state index is 11.0. The monoisotopic (exact) mass is 273 g/mol. The van der Waals surface area contributed by atoms with Crippen molar-refractivity contribution in [2.24, 2.45) is 11.7 Å². The van der Waals surface area contributed by atoms with Crippen molar-refractivity contribution < 1.29 is 4.79 Å². The van der Waals surface area contributed by atoms with Crippen LogP contribution in [0.2, 0.25) is 0 Å². The highest BCUT2D eigenvalue weighted by Gasteiger charge is 2.31. The fourth-order valence-corrected chi connectivity index (χ4v) is 3.75. The number of rotatable bonds is 3. The number of carbonyl (C=O) groups is 1. The molecule has 1 fully saturated rings. The predicted molar refractivity (Wildman–Crippen MR) is 80.0 cm³/mol. The normalized spacial score (nSPS) is 23.7. The van der Waals surface area contributed by atoms with Crippen LogP contribution in [0.5, 0.6) is 0 Å². The van der Waals surface area contributed by atoms with Crippen LogP contribution in [0.4, 0.5) is 5.69 Å². The Morgan fingerprint density at radius 2 is 2.00 bits per heavy atom. The van der Waals surface area contributed by atoms with E-state index < -0.39 is 0 Å². The number of amides is 1. The van der Waals surface area contributed by atoms with Crippen molar-refractivity contribution in [3.63, 3.8) is 0 Å². The molecule has 1 heterocycles. The SMILES string of the molecule is NC(=O)CC1CCN(C2CCc3cc(N)ccc32)CC1. The van der Waals surface area contributed by atoms with E-state index in [1.807, 2.05) is 6.07 Å². The summed E-state index contributed by atoms with van der Waals surface area (Å²) in [5.74, 6) is 0.321. The largest absolute Gasteiger partial charge is 0.399 e. The molecule has 0 aromatic heterocycles. The minimum atomic E-state index is -0.162. The lowest BCUT2D eigenvalue weighted by Crippen LogP contribution is -2.37. The number of hydrogen-bond acceptors (Lipinski definition) is 3. The highest BCUT2D eigenvalue weighted by atomic mass is 16.1. The van der Waals surface area contributed by atoms with Crippen molar-refractivity contribution in [3.8, 4) is 0 Å². The molecule has 0 bridgehead atoms. The van der Waals surface area contributed by atoms with Crippen molar-refractivity contribution in [1.82, 2.24) is 4.90 Å². The zero-order valence-corrected chi connectivity index (χ0v) is 11.8. The van der Waals surface area contributed by atoms with Crippen LogP contribution in [0.1, 0.15) is 42.9 Å². The Hall–Kier alpha value is -1.55. The molecule has 20 heavy (non-hydrogen) atoms. The second-order valence-electron chi connectivity index (χ2n) is 6.16. The molecule has 1 aliphatic heterocycles. The van der Waals surface area contributed by atoms with Crippen LogP contribution in [0.25, 0.3) is 0 Å². The topological polar surface area (TPSA) is 72.4 Å². The van der Waals surface area contributed by atoms with Crippen molar-refractivity contribution in [2.45, 2.75) is 38.1 Å². The highest BCUT2D eigenvalue weighted by Crippen LogP contribution is 2.38. The first-order valence-corrected chi connectivity index (χ1v) is 7.54. The molecule has 1 unspecified atom stereocenters. The molecule has 2 aliphatic rings. The van der Waals surface area contributed by atoms with E-state index in [1.54, 1.807) is 0 Å². The third kappa shape index (κ3) is 2.66. The summed E-state index contributed by atoms with van der Waals surface area (Å²) in [7, 11) is 0. The van der Waals surface area contributed by atoms with Crippen molar-refractivity contribution in [3.05, 3.63) is 29.3 Å². The second kappa shape index (κ2) is 5.44. The number of fused-ring (bicyclic) bond motifs is 1. The van der Waals surface area contributed by atoms with Crippen molar-refractivity contribution in [2.75, 3.05) is 18.8 Å². The van der Waals surface area contributed by atoms with Crippen LogP contribution in [0.15, 0.2) is 18.2 Å². The zero-order chi connectivity index (χ0) is 14.1. The van der Waals surface area contributed by atoms with Gasteiger partial charge in [0.25, 0.3) is 0 Å². The van der Waals surface area contributed by atoms with Gasteiger partial charge in [0.05, 0.1) is 0 Å². The molecule has 1 saturated heterocycles. The summed E-state index contributed by atoms with van der Waals surface area (Å²) in [5.41, 5.74) is 14.9. The van der Waals surface area contributed by atoms with E-state index in [4.69, 9.17) is 11.5 Å². The Morgan fingerprint density at radius 3 is 2.70 bits per heavy atom. The molecule has 4 nitrogen and oxygen atoms in total. The summed E-state index contributed by atoms with van der Waals surface area (Å²) in [4.78, 5) is 13.6. The van der Waals surface area contributed by atoms with Gasteiger partial charge in [-0.25, -0.2) is 0 Å². The number of hydrogen-bond donors (Lipinski definition) is 2. The molecule has 1 atom stereocenters. The summed E-state index contributed by atoms with van der Waals surface area (Å²) < 4.78 is 0. The lowest BCUT2D eigenvalue weighted by molar-refractivity contribution is -0.119. The third-order valence-electron chi connectivity index (χ3n) is 4.79. The number of piperidine rings is 1. The van der Waals surface area contributed by atoms with E-state index in [0.29, 0.717) is 18.4 Å². The molecular weight excluding hydrogens is 250 g/mol. The fraction of sp³-hybridized carbons (Fsp3) is 0.562. The lowest BCUT2D eigenvalue weighted by atomic mass is 9.92. The van der Waals surface area contributed by atoms with Crippen LogP contribution < -0.4 is 11.5 Å². The molecule has 4 N–H and O–H groups in total. The predicted octanol–water partition coefficient (Wildman–Crippen LogP) is 1.84. The van der Waals surface area contributed by atoms with Gasteiger partial charge in [-0.15, -0.1) is 0 Å². The fourth-order valence-electron chi connectivity index (χ4n) is 3.75. The van der Waals surface area contributed by atoms with Gasteiger partial charge in [0.2, 0.25) is 5.91 Å². The Kier molecular flexibility index (Phi) is 3.66. The maximum atomic E-state index is 11.0. The molecule has 0 radical (unpaired) electrons. The summed E-state index contributed by atoms with van der Waals surface area (Å²) in [6.07, 6.45) is 5.05. The Labute approximate surface area is 120 Å². The number of nitrogen functional groups attached to an aromatic ring is 1. The number of primary amides is 1. The number of carbonyl (C=O) groups excluding carboxylic acids is 1.